The largest absolute Gasteiger partial charge is 0.465 e. The summed E-state index contributed by atoms with van der Waals surface area (Å²) in [4.78, 5) is 9.72. The fourth-order valence-corrected chi connectivity index (χ4v) is 0.472. The van der Waals surface area contributed by atoms with Gasteiger partial charge in [0.05, 0.1) is 6.04 Å². The van der Waals surface area contributed by atoms with Gasteiger partial charge in [-0.25, -0.2) is 9.18 Å². The van der Waals surface area contributed by atoms with E-state index in [1.807, 2.05) is 5.32 Å². The van der Waals surface area contributed by atoms with Crippen molar-refractivity contribution >= 4 is 6.09 Å². The van der Waals surface area contributed by atoms with E-state index in [1.165, 1.54) is 0 Å². The Morgan fingerprint density at radius 1 is 1.88 bits per heavy atom. The highest BCUT2D eigenvalue weighted by molar-refractivity contribution is 5.65. The highest BCUT2D eigenvalue weighted by atomic mass is 19.1. The van der Waals surface area contributed by atoms with E-state index in [-0.39, 0.29) is 0 Å². The van der Waals surface area contributed by atoms with Crippen molar-refractivity contribution < 1.29 is 14.3 Å². The summed E-state index contributed by atoms with van der Waals surface area (Å²) in [7, 11) is 0. The molecule has 1 fully saturated rings. The first-order valence-electron chi connectivity index (χ1n) is 2.33. The van der Waals surface area contributed by atoms with Crippen molar-refractivity contribution in [2.75, 3.05) is 0 Å². The molecule has 0 aromatic rings. The predicted octanol–water partition coefficient (Wildman–Crippen LogP) is 0.364. The Labute approximate surface area is 45.5 Å². The summed E-state index contributed by atoms with van der Waals surface area (Å²) in [6.07, 6.45) is -1.74. The van der Waals surface area contributed by atoms with Crippen molar-refractivity contribution in [3.8, 4) is 0 Å². The van der Waals surface area contributed by atoms with Crippen LogP contribution in [0.25, 0.3) is 0 Å². The maximum absolute atomic E-state index is 11.8. The van der Waals surface area contributed by atoms with E-state index < -0.39 is 18.3 Å². The first kappa shape index (κ1) is 5.34. The van der Waals surface area contributed by atoms with Crippen molar-refractivity contribution in [1.29, 1.82) is 0 Å². The molecule has 1 aliphatic carbocycles. The molecule has 0 unspecified atom stereocenters. The zero-order valence-corrected chi connectivity index (χ0v) is 4.10. The lowest BCUT2D eigenvalue weighted by Gasteiger charge is -1.91. The van der Waals surface area contributed by atoms with Crippen LogP contribution in [0.15, 0.2) is 0 Å². The summed E-state index contributed by atoms with van der Waals surface area (Å²) >= 11 is 0. The lowest BCUT2D eigenvalue weighted by molar-refractivity contribution is 0.192. The second-order valence-electron chi connectivity index (χ2n) is 1.81. The van der Waals surface area contributed by atoms with Crippen LogP contribution in [0.1, 0.15) is 6.42 Å². The van der Waals surface area contributed by atoms with Crippen molar-refractivity contribution in [1.82, 2.24) is 5.32 Å². The number of hydrogen-bond donors (Lipinski definition) is 2. The summed E-state index contributed by atoms with van der Waals surface area (Å²) in [6, 6.07) is -0.424. The van der Waals surface area contributed by atoms with Crippen LogP contribution >= 0.6 is 0 Å². The van der Waals surface area contributed by atoms with Gasteiger partial charge in [0.1, 0.15) is 6.17 Å². The molecule has 0 aromatic carbocycles. The smallest absolute Gasteiger partial charge is 0.404 e. The van der Waals surface area contributed by atoms with Gasteiger partial charge in [-0.15, -0.1) is 0 Å². The van der Waals surface area contributed by atoms with E-state index in [0.29, 0.717) is 6.42 Å². The molecule has 0 aliphatic heterocycles. The minimum absolute atomic E-state index is 0.340. The van der Waals surface area contributed by atoms with E-state index in [2.05, 4.69) is 0 Å². The van der Waals surface area contributed by atoms with Crippen LogP contribution in [0.3, 0.4) is 0 Å². The molecule has 1 aliphatic rings. The Morgan fingerprint density at radius 2 is 2.38 bits per heavy atom. The van der Waals surface area contributed by atoms with E-state index in [9.17, 15) is 9.18 Å². The van der Waals surface area contributed by atoms with Crippen LogP contribution in [0.2, 0.25) is 0 Å². The third-order valence-corrected chi connectivity index (χ3v) is 1.02. The third-order valence-electron chi connectivity index (χ3n) is 1.02. The van der Waals surface area contributed by atoms with Crippen molar-refractivity contribution in [3.63, 3.8) is 0 Å². The fourth-order valence-electron chi connectivity index (χ4n) is 0.472. The van der Waals surface area contributed by atoms with Crippen LogP contribution < -0.4 is 5.32 Å². The number of rotatable bonds is 1. The molecule has 4 heteroatoms. The Balaban J connectivity index is 2.14. The number of carbonyl (C=O) groups is 1. The van der Waals surface area contributed by atoms with Gasteiger partial charge in [0.2, 0.25) is 0 Å². The lowest BCUT2D eigenvalue weighted by Crippen LogP contribution is -2.24. The normalized spacial score (nSPS) is 34.1. The van der Waals surface area contributed by atoms with Crippen molar-refractivity contribution in [2.24, 2.45) is 0 Å². The molecule has 2 atom stereocenters. The highest BCUT2D eigenvalue weighted by Crippen LogP contribution is 2.24. The van der Waals surface area contributed by atoms with Gasteiger partial charge >= 0.3 is 6.09 Å². The average molecular weight is 119 g/mol. The monoisotopic (exact) mass is 119 g/mol. The SMILES string of the molecule is O=C(O)N[C@H]1C[C@H]1F. The molecule has 2 N–H and O–H groups in total. The molecule has 0 radical (unpaired) electrons. The Bertz CT molecular complexity index is 117. The maximum Gasteiger partial charge on any atom is 0.404 e. The van der Waals surface area contributed by atoms with Gasteiger partial charge < -0.3 is 10.4 Å². The summed E-state index contributed by atoms with van der Waals surface area (Å²) < 4.78 is 11.8. The number of amides is 1. The Hall–Kier alpha value is -0.800. The van der Waals surface area contributed by atoms with E-state index in [4.69, 9.17) is 5.11 Å². The van der Waals surface area contributed by atoms with Crippen LogP contribution in [0.4, 0.5) is 9.18 Å². The minimum atomic E-state index is -1.14. The van der Waals surface area contributed by atoms with Crippen LogP contribution in [-0.4, -0.2) is 23.4 Å². The molecule has 0 saturated heterocycles. The second-order valence-corrected chi connectivity index (χ2v) is 1.81. The quantitative estimate of drug-likeness (QED) is 0.523. The molecular formula is C4H6FNO2. The fraction of sp³-hybridized carbons (Fsp3) is 0.750. The molecule has 0 heterocycles. The summed E-state index contributed by atoms with van der Waals surface area (Å²) in [5.74, 6) is 0. The lowest BCUT2D eigenvalue weighted by atomic mass is 10.7. The molecule has 1 saturated carbocycles. The topological polar surface area (TPSA) is 49.3 Å². The van der Waals surface area contributed by atoms with Gasteiger partial charge in [-0.2, -0.15) is 0 Å². The zero-order valence-electron chi connectivity index (χ0n) is 4.10. The summed E-state index contributed by atoms with van der Waals surface area (Å²) in [5.41, 5.74) is 0. The predicted molar refractivity (Wildman–Crippen MR) is 24.5 cm³/mol. The van der Waals surface area contributed by atoms with Gasteiger partial charge in [0, 0.05) is 6.42 Å². The molecule has 8 heavy (non-hydrogen) atoms. The maximum atomic E-state index is 11.8. The number of hydrogen-bond acceptors (Lipinski definition) is 1. The zero-order chi connectivity index (χ0) is 6.15. The number of carboxylic acid groups (broad SMARTS) is 1. The van der Waals surface area contributed by atoms with Gasteiger partial charge in [-0.05, 0) is 0 Å². The summed E-state index contributed by atoms with van der Waals surface area (Å²) in [5, 5.41) is 9.97. The van der Waals surface area contributed by atoms with Gasteiger partial charge in [-0.3, -0.25) is 0 Å². The number of halogens is 1. The van der Waals surface area contributed by atoms with Crippen LogP contribution in [0.5, 0.6) is 0 Å². The average Bonchev–Trinajstić information content (AvgIpc) is 2.17. The molecule has 0 aromatic heterocycles. The first-order chi connectivity index (χ1) is 3.70. The molecule has 0 spiro atoms. The van der Waals surface area contributed by atoms with Crippen molar-refractivity contribution in [3.05, 3.63) is 0 Å². The molecule has 1 rings (SSSR count). The third kappa shape index (κ3) is 1.08. The van der Waals surface area contributed by atoms with E-state index in [0.717, 1.165) is 0 Å². The molecule has 46 valence electrons. The van der Waals surface area contributed by atoms with E-state index in [1.54, 1.807) is 0 Å². The number of alkyl halides is 1. The molecule has 0 bridgehead atoms. The van der Waals surface area contributed by atoms with Gasteiger partial charge in [-0.1, -0.05) is 0 Å². The Morgan fingerprint density at radius 3 is 2.50 bits per heavy atom. The molecular weight excluding hydrogens is 113 g/mol. The minimum Gasteiger partial charge on any atom is -0.465 e. The molecule has 3 nitrogen and oxygen atoms in total. The first-order valence-corrected chi connectivity index (χ1v) is 2.33. The van der Waals surface area contributed by atoms with Gasteiger partial charge in [0.15, 0.2) is 0 Å². The van der Waals surface area contributed by atoms with Gasteiger partial charge in [0.25, 0.3) is 0 Å². The molecule has 1 amide bonds. The number of nitrogens with one attached hydrogen (secondary N) is 1. The highest BCUT2D eigenvalue weighted by Gasteiger charge is 2.38. The Kier molecular flexibility index (Phi) is 1.08. The van der Waals surface area contributed by atoms with Crippen LogP contribution in [0, 0.1) is 0 Å². The van der Waals surface area contributed by atoms with E-state index >= 15 is 0 Å². The van der Waals surface area contributed by atoms with Crippen LogP contribution in [-0.2, 0) is 0 Å². The van der Waals surface area contributed by atoms with Crippen molar-refractivity contribution in [2.45, 2.75) is 18.6 Å². The standard InChI is InChI=1S/C4H6FNO2/c5-2-1-3(2)6-4(7)8/h2-3,6H,1H2,(H,7,8)/t2-,3+/m1/s1. The summed E-state index contributed by atoms with van der Waals surface area (Å²) in [6.45, 7) is 0. The second kappa shape index (κ2) is 1.61.